The van der Waals surface area contributed by atoms with Crippen molar-refractivity contribution in [3.8, 4) is 10.4 Å². The molecule has 2 N–H and O–H groups in total. The highest BCUT2D eigenvalue weighted by Crippen LogP contribution is 2.28. The minimum atomic E-state index is -0.716. The Labute approximate surface area is 226 Å². The molecule has 0 saturated carbocycles. The first-order chi connectivity index (χ1) is 17.2. The lowest BCUT2D eigenvalue weighted by atomic mass is 9.85. The number of thiazole rings is 1. The minimum absolute atomic E-state index is 0.134. The molecule has 1 aromatic heterocycles. The van der Waals surface area contributed by atoms with Gasteiger partial charge in [-0.3, -0.25) is 14.4 Å². The Morgan fingerprint density at radius 3 is 2.08 bits per heavy atom. The number of Topliss-reactive ketones (excluding diaryl/α,β-unsaturated/α-hetero) is 1. The summed E-state index contributed by atoms with van der Waals surface area (Å²) in [7, 11) is 0. The standard InChI is InChI=1S/C14H24N2O4.C13H15NS.C2H6/c1-8(17)11-6-10(19)7-16(11)13(20)12(14(3,4)5)15-9(2)18;1-9(2)11-4-6-12(7-5-11)13-10(3)14-8-15-13;1-2/h10-12,19H,6-7H2,1-5H3,(H,15,18);4-9H,1-3H3;1-2H3/t10-,11+,12?;;/m1../s1. The summed E-state index contributed by atoms with van der Waals surface area (Å²) in [6.45, 7) is 18.9. The Morgan fingerprint density at radius 1 is 1.11 bits per heavy atom. The van der Waals surface area contributed by atoms with Gasteiger partial charge in [0.2, 0.25) is 11.8 Å². The minimum Gasteiger partial charge on any atom is -0.391 e. The van der Waals surface area contributed by atoms with E-state index in [0.717, 1.165) is 5.69 Å². The molecule has 2 amide bonds. The monoisotopic (exact) mass is 531 g/mol. The molecule has 206 valence electrons. The number of ketones is 1. The molecule has 7 nitrogen and oxygen atoms in total. The van der Waals surface area contributed by atoms with Gasteiger partial charge in [0.05, 0.1) is 28.2 Å². The summed E-state index contributed by atoms with van der Waals surface area (Å²) >= 11 is 1.71. The van der Waals surface area contributed by atoms with E-state index in [2.05, 4.69) is 55.3 Å². The van der Waals surface area contributed by atoms with Gasteiger partial charge in [-0.25, -0.2) is 4.98 Å². The van der Waals surface area contributed by atoms with Crippen LogP contribution < -0.4 is 5.32 Å². The number of carbonyl (C=O) groups excluding carboxylic acids is 3. The molecule has 2 aromatic rings. The van der Waals surface area contributed by atoms with E-state index in [1.807, 2.05) is 40.1 Å². The van der Waals surface area contributed by atoms with Gasteiger partial charge in [-0.15, -0.1) is 11.3 Å². The van der Waals surface area contributed by atoms with Crippen molar-refractivity contribution in [3.05, 3.63) is 41.0 Å². The molecular weight excluding hydrogens is 486 g/mol. The number of aromatic nitrogens is 1. The second-order valence-electron chi connectivity index (χ2n) is 10.5. The van der Waals surface area contributed by atoms with E-state index in [9.17, 15) is 19.5 Å². The van der Waals surface area contributed by atoms with Crippen LogP contribution in [-0.2, 0) is 14.4 Å². The zero-order valence-corrected chi connectivity index (χ0v) is 24.9. The van der Waals surface area contributed by atoms with Gasteiger partial charge >= 0.3 is 0 Å². The maximum atomic E-state index is 12.6. The normalized spacial score (nSPS) is 17.8. The van der Waals surface area contributed by atoms with E-state index < -0.39 is 23.6 Å². The van der Waals surface area contributed by atoms with E-state index in [1.165, 1.54) is 34.8 Å². The number of nitrogens with zero attached hydrogens (tertiary/aromatic N) is 2. The van der Waals surface area contributed by atoms with Crippen LogP contribution in [-0.4, -0.2) is 57.3 Å². The lowest BCUT2D eigenvalue weighted by molar-refractivity contribution is -0.142. The molecule has 2 heterocycles. The van der Waals surface area contributed by atoms with Crippen LogP contribution >= 0.6 is 11.3 Å². The van der Waals surface area contributed by atoms with Crippen molar-refractivity contribution in [2.24, 2.45) is 5.41 Å². The maximum absolute atomic E-state index is 12.6. The summed E-state index contributed by atoms with van der Waals surface area (Å²) in [5, 5.41) is 12.3. The molecular formula is C29H45N3O4S. The molecule has 1 aliphatic heterocycles. The molecule has 0 spiro atoms. The van der Waals surface area contributed by atoms with E-state index >= 15 is 0 Å². The van der Waals surface area contributed by atoms with E-state index in [0.29, 0.717) is 5.92 Å². The number of benzene rings is 1. The summed E-state index contributed by atoms with van der Waals surface area (Å²) in [6, 6.07) is 7.48. The van der Waals surface area contributed by atoms with Crippen molar-refractivity contribution in [2.75, 3.05) is 6.54 Å². The van der Waals surface area contributed by atoms with Gasteiger partial charge in [0, 0.05) is 19.9 Å². The summed E-state index contributed by atoms with van der Waals surface area (Å²) in [5.74, 6) is -0.158. The fraction of sp³-hybridized carbons (Fsp3) is 0.586. The Hall–Kier alpha value is -2.58. The quantitative estimate of drug-likeness (QED) is 0.541. The summed E-state index contributed by atoms with van der Waals surface area (Å²) in [4.78, 5) is 42.5. The van der Waals surface area contributed by atoms with E-state index in [1.54, 1.807) is 11.3 Å². The number of rotatable bonds is 5. The van der Waals surface area contributed by atoms with Crippen LogP contribution in [0.25, 0.3) is 10.4 Å². The second kappa shape index (κ2) is 14.4. The SMILES string of the molecule is CC.CC(=O)NC(C(=O)N1C[C@H](O)C[C@H]1C(C)=O)C(C)(C)C.Cc1ncsc1-c1ccc(C(C)C)cc1. The lowest BCUT2D eigenvalue weighted by Crippen LogP contribution is -2.56. The predicted molar refractivity (Wildman–Crippen MR) is 152 cm³/mol. The summed E-state index contributed by atoms with van der Waals surface area (Å²) in [5.41, 5.74) is 5.22. The number of carbonyl (C=O) groups is 3. The zero-order chi connectivity index (χ0) is 28.5. The average molecular weight is 532 g/mol. The van der Waals surface area contributed by atoms with Gasteiger partial charge in [0.1, 0.15) is 6.04 Å². The number of aryl methyl sites for hydroxylation is 1. The number of β-amino-alcohol motifs (C(OH)–C–C–N with tert-alkyl or cyclic N) is 1. The van der Waals surface area contributed by atoms with Crippen LogP contribution in [0.5, 0.6) is 0 Å². The number of aliphatic hydroxyl groups excluding tert-OH is 1. The topological polar surface area (TPSA) is 99.6 Å². The lowest BCUT2D eigenvalue weighted by Gasteiger charge is -2.34. The number of hydrogen-bond donors (Lipinski definition) is 2. The smallest absolute Gasteiger partial charge is 0.246 e. The Morgan fingerprint density at radius 2 is 1.68 bits per heavy atom. The molecule has 1 saturated heterocycles. The van der Waals surface area contributed by atoms with Crippen molar-refractivity contribution < 1.29 is 19.5 Å². The largest absolute Gasteiger partial charge is 0.391 e. The Balaban J connectivity index is 0.000000357. The van der Waals surface area contributed by atoms with Gasteiger partial charge in [0.25, 0.3) is 0 Å². The highest BCUT2D eigenvalue weighted by Gasteiger charge is 2.43. The van der Waals surface area contributed by atoms with Crippen LogP contribution in [0.3, 0.4) is 0 Å². The fourth-order valence-electron chi connectivity index (χ4n) is 4.06. The number of likely N-dealkylation sites (tertiary alicyclic amines) is 1. The first-order valence-electron chi connectivity index (χ1n) is 13.0. The first-order valence-corrected chi connectivity index (χ1v) is 13.9. The highest BCUT2D eigenvalue weighted by atomic mass is 32.1. The molecule has 1 unspecified atom stereocenters. The number of aliphatic hydroxyl groups is 1. The summed E-state index contributed by atoms with van der Waals surface area (Å²) in [6.07, 6.45) is -0.427. The third kappa shape index (κ3) is 9.34. The predicted octanol–water partition coefficient (Wildman–Crippen LogP) is 5.36. The van der Waals surface area contributed by atoms with Crippen LogP contribution in [0, 0.1) is 12.3 Å². The van der Waals surface area contributed by atoms with Crippen LogP contribution in [0.1, 0.15) is 85.9 Å². The van der Waals surface area contributed by atoms with Gasteiger partial charge in [-0.2, -0.15) is 0 Å². The number of nitrogens with one attached hydrogen (secondary N) is 1. The van der Waals surface area contributed by atoms with Crippen molar-refractivity contribution in [3.63, 3.8) is 0 Å². The molecule has 0 aliphatic carbocycles. The molecule has 1 fully saturated rings. The molecule has 0 bridgehead atoms. The Bertz CT molecular complexity index is 1020. The number of hydrogen-bond acceptors (Lipinski definition) is 6. The van der Waals surface area contributed by atoms with Gasteiger partial charge in [-0.05, 0) is 36.3 Å². The first kappa shape index (κ1) is 32.4. The molecule has 37 heavy (non-hydrogen) atoms. The molecule has 8 heteroatoms. The van der Waals surface area contributed by atoms with Crippen LogP contribution in [0.4, 0.5) is 0 Å². The highest BCUT2D eigenvalue weighted by molar-refractivity contribution is 7.13. The zero-order valence-electron chi connectivity index (χ0n) is 24.1. The van der Waals surface area contributed by atoms with Crippen LogP contribution in [0.15, 0.2) is 29.8 Å². The third-order valence-electron chi connectivity index (χ3n) is 6.08. The molecule has 0 radical (unpaired) electrons. The number of amides is 2. The van der Waals surface area contributed by atoms with Gasteiger partial charge in [-0.1, -0.05) is 72.7 Å². The molecule has 1 aromatic carbocycles. The van der Waals surface area contributed by atoms with Crippen molar-refractivity contribution in [1.29, 1.82) is 0 Å². The average Bonchev–Trinajstić information content (AvgIpc) is 3.43. The van der Waals surface area contributed by atoms with Gasteiger partial charge < -0.3 is 15.3 Å². The van der Waals surface area contributed by atoms with Gasteiger partial charge in [0.15, 0.2) is 5.78 Å². The molecule has 3 atom stereocenters. The third-order valence-corrected chi connectivity index (χ3v) is 7.05. The van der Waals surface area contributed by atoms with E-state index in [4.69, 9.17) is 0 Å². The molecule has 1 aliphatic rings. The van der Waals surface area contributed by atoms with E-state index in [-0.39, 0.29) is 30.6 Å². The van der Waals surface area contributed by atoms with Crippen molar-refractivity contribution in [1.82, 2.24) is 15.2 Å². The van der Waals surface area contributed by atoms with Crippen molar-refractivity contribution in [2.45, 2.75) is 99.8 Å². The Kier molecular flexibility index (Phi) is 12.6. The maximum Gasteiger partial charge on any atom is 0.246 e. The summed E-state index contributed by atoms with van der Waals surface area (Å²) < 4.78 is 0. The second-order valence-corrected chi connectivity index (χ2v) is 11.4. The van der Waals surface area contributed by atoms with Crippen molar-refractivity contribution >= 4 is 28.9 Å². The fourth-order valence-corrected chi connectivity index (χ4v) is 4.87. The van der Waals surface area contributed by atoms with Crippen LogP contribution in [0.2, 0.25) is 0 Å². The molecule has 3 rings (SSSR count).